The Hall–Kier alpha value is -2.80. The van der Waals surface area contributed by atoms with Gasteiger partial charge in [0.05, 0.1) is 29.6 Å². The second kappa shape index (κ2) is 13.9. The average molecular weight is 608 g/mol. The molecule has 0 aromatic heterocycles. The zero-order chi connectivity index (χ0) is 31.2. The summed E-state index contributed by atoms with van der Waals surface area (Å²) in [6, 6.07) is 10.8. The molecule has 0 unspecified atom stereocenters. The zero-order valence-electron chi connectivity index (χ0n) is 25.6. The van der Waals surface area contributed by atoms with Gasteiger partial charge in [0.2, 0.25) is 10.0 Å². The van der Waals surface area contributed by atoms with Gasteiger partial charge in [0.1, 0.15) is 11.7 Å². The van der Waals surface area contributed by atoms with Gasteiger partial charge in [-0.1, -0.05) is 64.4 Å². The van der Waals surface area contributed by atoms with E-state index in [0.717, 1.165) is 9.87 Å². The Kier molecular flexibility index (Phi) is 11.7. The van der Waals surface area contributed by atoms with E-state index in [2.05, 4.69) is 39.2 Å². The molecule has 0 bridgehead atoms. The highest BCUT2D eigenvalue weighted by Crippen LogP contribution is 2.37. The number of hydrogen-bond acceptors (Lipinski definition) is 8. The molecule has 0 saturated heterocycles. The first-order valence-corrected chi connectivity index (χ1v) is 18.1. The molecule has 12 heteroatoms. The number of nitro benzene ring substituents is 1. The lowest BCUT2D eigenvalue weighted by Crippen LogP contribution is -2.52. The van der Waals surface area contributed by atoms with Crippen molar-refractivity contribution in [3.63, 3.8) is 0 Å². The van der Waals surface area contributed by atoms with Crippen LogP contribution in [0.4, 0.5) is 11.4 Å². The number of nitrogens with one attached hydrogen (secondary N) is 1. The lowest BCUT2D eigenvalue weighted by molar-refractivity contribution is -0.384. The predicted octanol–water partition coefficient (Wildman–Crippen LogP) is 5.98. The van der Waals surface area contributed by atoms with Gasteiger partial charge >= 0.3 is 5.97 Å². The number of benzene rings is 2. The number of nitro groups is 1. The molecule has 2 aromatic rings. The summed E-state index contributed by atoms with van der Waals surface area (Å²) in [6.07, 6.45) is 0.221. The Morgan fingerprint density at radius 1 is 1.10 bits per heavy atom. The summed E-state index contributed by atoms with van der Waals surface area (Å²) < 4.78 is 41.0. The van der Waals surface area contributed by atoms with Crippen molar-refractivity contribution < 1.29 is 27.3 Å². The van der Waals surface area contributed by atoms with E-state index < -0.39 is 41.3 Å². The number of methoxy groups -OCH3 is 1. The number of carbonyl (C=O) groups is 1. The Morgan fingerprint density at radius 3 is 2.20 bits per heavy atom. The Morgan fingerprint density at radius 2 is 1.68 bits per heavy atom. The predicted molar refractivity (Wildman–Crippen MR) is 164 cm³/mol. The minimum atomic E-state index is -4.20. The van der Waals surface area contributed by atoms with E-state index >= 15 is 0 Å². The molecular formula is C29H45N3O7SSi. The molecule has 0 radical (unpaired) electrons. The van der Waals surface area contributed by atoms with E-state index in [-0.39, 0.29) is 46.8 Å². The molecule has 2 rings (SSSR count). The van der Waals surface area contributed by atoms with Crippen molar-refractivity contribution in [3.05, 3.63) is 64.2 Å². The number of rotatable bonds is 14. The first kappa shape index (κ1) is 34.4. The normalized spacial score (nSPS) is 14.1. The molecule has 0 aliphatic carbocycles. The van der Waals surface area contributed by atoms with Crippen molar-refractivity contribution in [2.24, 2.45) is 5.92 Å². The molecule has 10 nitrogen and oxygen atoms in total. The van der Waals surface area contributed by atoms with Crippen LogP contribution in [-0.4, -0.2) is 64.3 Å². The molecule has 2 aromatic carbocycles. The highest BCUT2D eigenvalue weighted by Gasteiger charge is 2.41. The van der Waals surface area contributed by atoms with E-state index in [4.69, 9.17) is 9.16 Å². The minimum absolute atomic E-state index is 0.0279. The van der Waals surface area contributed by atoms with Crippen LogP contribution in [0, 0.1) is 23.0 Å². The van der Waals surface area contributed by atoms with Crippen LogP contribution in [0.15, 0.2) is 53.4 Å². The number of sulfonamides is 1. The van der Waals surface area contributed by atoms with Crippen LogP contribution in [0.5, 0.6) is 0 Å². The summed E-state index contributed by atoms with van der Waals surface area (Å²) in [5.74, 6) is -0.705. The van der Waals surface area contributed by atoms with Crippen LogP contribution < -0.4 is 5.32 Å². The molecule has 0 spiro atoms. The summed E-state index contributed by atoms with van der Waals surface area (Å²) in [6.45, 7) is 16.0. The lowest BCUT2D eigenvalue weighted by Gasteiger charge is -2.39. The van der Waals surface area contributed by atoms with Gasteiger partial charge in [0, 0.05) is 12.6 Å². The van der Waals surface area contributed by atoms with Gasteiger partial charge in [0.25, 0.3) is 5.69 Å². The third-order valence-corrected chi connectivity index (χ3v) is 13.8. The SMILES string of the molecule is COC(=O)[C@H](CC(C)C)N(C[C@H](CO[Si](C)(C)C(C)(C)C)Nc1ccccc1[N+](=O)[O-])S(=O)(=O)c1ccc(C)cc1. The number of esters is 1. The van der Waals surface area contributed by atoms with Gasteiger partial charge in [0.15, 0.2) is 8.32 Å². The maximum Gasteiger partial charge on any atom is 0.324 e. The Bertz CT molecular complexity index is 1290. The summed E-state index contributed by atoms with van der Waals surface area (Å²) in [5, 5.41) is 14.8. The molecule has 41 heavy (non-hydrogen) atoms. The summed E-state index contributed by atoms with van der Waals surface area (Å²) in [4.78, 5) is 24.4. The van der Waals surface area contributed by atoms with Crippen LogP contribution in [0.2, 0.25) is 18.1 Å². The molecule has 0 fully saturated rings. The monoisotopic (exact) mass is 607 g/mol. The molecule has 1 N–H and O–H groups in total. The zero-order valence-corrected chi connectivity index (χ0v) is 27.4. The highest BCUT2D eigenvalue weighted by molar-refractivity contribution is 7.89. The highest BCUT2D eigenvalue weighted by atomic mass is 32.2. The lowest BCUT2D eigenvalue weighted by atomic mass is 10.0. The molecule has 2 atom stereocenters. The van der Waals surface area contributed by atoms with Crippen molar-refractivity contribution in [3.8, 4) is 0 Å². The van der Waals surface area contributed by atoms with E-state index in [9.17, 15) is 23.3 Å². The van der Waals surface area contributed by atoms with E-state index in [1.165, 1.54) is 25.3 Å². The van der Waals surface area contributed by atoms with Crippen molar-refractivity contribution >= 4 is 35.7 Å². The van der Waals surface area contributed by atoms with Gasteiger partial charge in [-0.3, -0.25) is 14.9 Å². The average Bonchev–Trinajstić information content (AvgIpc) is 2.88. The van der Waals surface area contributed by atoms with E-state index in [1.54, 1.807) is 30.3 Å². The van der Waals surface area contributed by atoms with Gasteiger partial charge in [-0.05, 0) is 55.6 Å². The Balaban J connectivity index is 2.66. The number of ether oxygens (including phenoxy) is 1. The maximum absolute atomic E-state index is 14.2. The quantitative estimate of drug-likeness (QED) is 0.120. The largest absolute Gasteiger partial charge is 0.468 e. The summed E-state index contributed by atoms with van der Waals surface area (Å²) in [5.41, 5.74) is 0.970. The Labute approximate surface area is 245 Å². The van der Waals surface area contributed by atoms with Crippen LogP contribution in [0.3, 0.4) is 0 Å². The number of carbonyl (C=O) groups excluding carboxylic acids is 1. The molecular weight excluding hydrogens is 562 g/mol. The molecule has 0 heterocycles. The number of anilines is 1. The minimum Gasteiger partial charge on any atom is -0.468 e. The topological polar surface area (TPSA) is 128 Å². The van der Waals surface area contributed by atoms with Crippen molar-refractivity contribution in [1.82, 2.24) is 4.31 Å². The van der Waals surface area contributed by atoms with Gasteiger partial charge < -0.3 is 14.5 Å². The van der Waals surface area contributed by atoms with Crippen LogP contribution in [-0.2, 0) is 24.0 Å². The first-order valence-electron chi connectivity index (χ1n) is 13.7. The van der Waals surface area contributed by atoms with Gasteiger partial charge in [-0.25, -0.2) is 8.42 Å². The van der Waals surface area contributed by atoms with Crippen LogP contribution >= 0.6 is 0 Å². The molecule has 0 amide bonds. The molecule has 228 valence electrons. The third-order valence-electron chi connectivity index (χ3n) is 7.46. The van der Waals surface area contributed by atoms with Gasteiger partial charge in [-0.15, -0.1) is 0 Å². The molecule has 0 saturated carbocycles. The molecule has 0 aliphatic heterocycles. The van der Waals surface area contributed by atoms with Crippen LogP contribution in [0.25, 0.3) is 0 Å². The number of aryl methyl sites for hydroxylation is 1. The number of hydrogen-bond donors (Lipinski definition) is 1. The van der Waals surface area contributed by atoms with E-state index in [1.807, 2.05) is 20.8 Å². The van der Waals surface area contributed by atoms with Crippen molar-refractivity contribution in [2.45, 2.75) is 83.1 Å². The fourth-order valence-electron chi connectivity index (χ4n) is 4.01. The smallest absolute Gasteiger partial charge is 0.324 e. The van der Waals surface area contributed by atoms with Gasteiger partial charge in [-0.2, -0.15) is 4.31 Å². The van der Waals surface area contributed by atoms with Crippen molar-refractivity contribution in [2.75, 3.05) is 25.6 Å². The first-order chi connectivity index (χ1) is 18.9. The second-order valence-electron chi connectivity index (χ2n) is 12.2. The fraction of sp³-hybridized carbons (Fsp3) is 0.552. The maximum atomic E-state index is 14.2. The van der Waals surface area contributed by atoms with E-state index in [0.29, 0.717) is 0 Å². The van der Waals surface area contributed by atoms with Crippen LogP contribution in [0.1, 0.15) is 46.6 Å². The second-order valence-corrected chi connectivity index (χ2v) is 18.9. The molecule has 0 aliphatic rings. The summed E-state index contributed by atoms with van der Waals surface area (Å²) in [7, 11) is -5.27. The number of para-hydroxylation sites is 2. The third kappa shape index (κ3) is 9.09. The van der Waals surface area contributed by atoms with Crippen molar-refractivity contribution in [1.29, 1.82) is 0 Å². The fourth-order valence-corrected chi connectivity index (χ4v) is 6.69. The number of nitrogens with zero attached hydrogens (tertiary/aromatic N) is 2. The summed E-state index contributed by atoms with van der Waals surface area (Å²) >= 11 is 0. The standard InChI is InChI=1S/C29H45N3O7SSi/c1-21(2)18-27(28(33)38-7)31(40(36,37)24-16-14-22(3)15-17-24)19-23(20-39-41(8,9)29(4,5)6)30-25-12-10-11-13-26(25)32(34)35/h10-17,21,23,27,30H,18-20H2,1-9H3/t23-,27+/m1/s1.